The summed E-state index contributed by atoms with van der Waals surface area (Å²) in [6.45, 7) is 2.46. The molecule has 3 aromatic rings. The molecule has 7 heteroatoms. The molecule has 0 saturated carbocycles. The standard InChI is InChI=1S/C23H23N3O4/c27-23(19-14-21(30-25-19)16-5-2-1-3-6-16)26-10-4-7-18(15-26)24-17-8-9-20-22(13-17)29-12-11-28-20/h1-3,5-6,8-9,13-14,18,24H,4,7,10-12,15H2/t18-/m0/s1. The minimum Gasteiger partial charge on any atom is -0.486 e. The predicted molar refractivity (Wildman–Crippen MR) is 112 cm³/mol. The summed E-state index contributed by atoms with van der Waals surface area (Å²) in [6, 6.07) is 17.4. The Morgan fingerprint density at radius 1 is 1.03 bits per heavy atom. The van der Waals surface area contributed by atoms with Gasteiger partial charge in [-0.25, -0.2) is 0 Å². The minimum absolute atomic E-state index is 0.102. The molecule has 2 aliphatic rings. The molecule has 1 saturated heterocycles. The summed E-state index contributed by atoms with van der Waals surface area (Å²) in [6.07, 6.45) is 1.92. The molecule has 5 rings (SSSR count). The molecule has 0 radical (unpaired) electrons. The van der Waals surface area contributed by atoms with E-state index >= 15 is 0 Å². The van der Waals surface area contributed by atoms with Gasteiger partial charge in [0.2, 0.25) is 0 Å². The van der Waals surface area contributed by atoms with E-state index in [0.717, 1.165) is 35.6 Å². The van der Waals surface area contributed by atoms with Crippen LogP contribution < -0.4 is 14.8 Å². The second-order valence-corrected chi connectivity index (χ2v) is 7.54. The van der Waals surface area contributed by atoms with Crippen molar-refractivity contribution in [2.45, 2.75) is 18.9 Å². The van der Waals surface area contributed by atoms with Crippen molar-refractivity contribution in [2.24, 2.45) is 0 Å². The highest BCUT2D eigenvalue weighted by atomic mass is 16.6. The van der Waals surface area contributed by atoms with Crippen LogP contribution in [0.4, 0.5) is 5.69 Å². The molecule has 2 aliphatic heterocycles. The number of ether oxygens (including phenoxy) is 2. The van der Waals surface area contributed by atoms with Crippen molar-refractivity contribution in [3.05, 3.63) is 60.3 Å². The number of fused-ring (bicyclic) bond motifs is 1. The smallest absolute Gasteiger partial charge is 0.276 e. The van der Waals surface area contributed by atoms with Gasteiger partial charge in [-0.1, -0.05) is 35.5 Å². The van der Waals surface area contributed by atoms with Gasteiger partial charge in [-0.05, 0) is 25.0 Å². The Labute approximate surface area is 174 Å². The van der Waals surface area contributed by atoms with E-state index < -0.39 is 0 Å². The van der Waals surface area contributed by atoms with Crippen LogP contribution >= 0.6 is 0 Å². The number of nitrogens with zero attached hydrogens (tertiary/aromatic N) is 2. The summed E-state index contributed by atoms with van der Waals surface area (Å²) in [5, 5.41) is 7.53. The second-order valence-electron chi connectivity index (χ2n) is 7.54. The third-order valence-electron chi connectivity index (χ3n) is 5.41. The van der Waals surface area contributed by atoms with Crippen molar-refractivity contribution in [1.29, 1.82) is 0 Å². The average Bonchev–Trinajstić information content (AvgIpc) is 3.30. The van der Waals surface area contributed by atoms with Gasteiger partial charge in [-0.3, -0.25) is 4.79 Å². The van der Waals surface area contributed by atoms with Gasteiger partial charge >= 0.3 is 0 Å². The molecule has 0 aliphatic carbocycles. The van der Waals surface area contributed by atoms with Crippen molar-refractivity contribution in [2.75, 3.05) is 31.6 Å². The van der Waals surface area contributed by atoms with E-state index in [1.54, 1.807) is 6.07 Å². The Morgan fingerprint density at radius 2 is 1.87 bits per heavy atom. The molecular weight excluding hydrogens is 382 g/mol. The van der Waals surface area contributed by atoms with Crippen molar-refractivity contribution in [1.82, 2.24) is 10.1 Å². The highest BCUT2D eigenvalue weighted by Gasteiger charge is 2.27. The number of carbonyl (C=O) groups excluding carboxylic acids is 1. The zero-order valence-electron chi connectivity index (χ0n) is 16.5. The largest absolute Gasteiger partial charge is 0.486 e. The molecular formula is C23H23N3O4. The molecule has 1 atom stereocenters. The fourth-order valence-corrected chi connectivity index (χ4v) is 3.92. The van der Waals surface area contributed by atoms with Crippen LogP contribution in [0.25, 0.3) is 11.3 Å². The molecule has 0 bridgehead atoms. The van der Waals surface area contributed by atoms with E-state index in [9.17, 15) is 4.79 Å². The summed E-state index contributed by atoms with van der Waals surface area (Å²) >= 11 is 0. The van der Waals surface area contributed by atoms with Gasteiger partial charge in [0, 0.05) is 42.5 Å². The van der Waals surface area contributed by atoms with Crippen molar-refractivity contribution >= 4 is 11.6 Å². The summed E-state index contributed by atoms with van der Waals surface area (Å²) in [5.74, 6) is 2.02. The molecule has 7 nitrogen and oxygen atoms in total. The monoisotopic (exact) mass is 405 g/mol. The first-order valence-corrected chi connectivity index (χ1v) is 10.2. The maximum Gasteiger partial charge on any atom is 0.276 e. The SMILES string of the molecule is O=C(c1cc(-c2ccccc2)on1)N1CCC[C@H](Nc2ccc3c(c2)OCCO3)C1. The minimum atomic E-state index is -0.102. The molecule has 1 fully saturated rings. The van der Waals surface area contributed by atoms with Crippen LogP contribution in [0, 0.1) is 0 Å². The Kier molecular flexibility index (Phi) is 5.01. The first-order chi connectivity index (χ1) is 14.8. The van der Waals surface area contributed by atoms with E-state index in [2.05, 4.69) is 10.5 Å². The van der Waals surface area contributed by atoms with Crippen LogP contribution in [0.2, 0.25) is 0 Å². The molecule has 154 valence electrons. The third kappa shape index (κ3) is 3.83. The maximum atomic E-state index is 13.0. The van der Waals surface area contributed by atoms with Crippen LogP contribution in [0.15, 0.2) is 59.1 Å². The number of nitrogens with one attached hydrogen (secondary N) is 1. The van der Waals surface area contributed by atoms with Gasteiger partial charge in [-0.2, -0.15) is 0 Å². The Hall–Kier alpha value is -3.48. The number of carbonyl (C=O) groups is 1. The second kappa shape index (κ2) is 8.10. The lowest BCUT2D eigenvalue weighted by molar-refractivity contribution is 0.0704. The summed E-state index contributed by atoms with van der Waals surface area (Å²) < 4.78 is 16.6. The molecule has 0 spiro atoms. The number of likely N-dealkylation sites (tertiary alicyclic amines) is 1. The van der Waals surface area contributed by atoms with Gasteiger partial charge < -0.3 is 24.2 Å². The Bertz CT molecular complexity index is 1030. The van der Waals surface area contributed by atoms with Gasteiger partial charge in [0.15, 0.2) is 23.0 Å². The molecule has 0 unspecified atom stereocenters. The lowest BCUT2D eigenvalue weighted by atomic mass is 10.0. The highest BCUT2D eigenvalue weighted by Crippen LogP contribution is 2.33. The molecule has 1 aromatic heterocycles. The van der Waals surface area contributed by atoms with Crippen molar-refractivity contribution in [3.63, 3.8) is 0 Å². The number of piperidine rings is 1. The zero-order chi connectivity index (χ0) is 20.3. The third-order valence-corrected chi connectivity index (χ3v) is 5.41. The highest BCUT2D eigenvalue weighted by molar-refractivity contribution is 5.93. The Morgan fingerprint density at radius 3 is 2.73 bits per heavy atom. The van der Waals surface area contributed by atoms with E-state index in [4.69, 9.17) is 14.0 Å². The van der Waals surface area contributed by atoms with Gasteiger partial charge in [0.1, 0.15) is 13.2 Å². The van der Waals surface area contributed by atoms with Crippen LogP contribution in [-0.4, -0.2) is 48.3 Å². The van der Waals surface area contributed by atoms with Crippen molar-refractivity contribution in [3.8, 4) is 22.8 Å². The number of anilines is 1. The number of rotatable bonds is 4. The maximum absolute atomic E-state index is 13.0. The predicted octanol–water partition coefficient (Wildman–Crippen LogP) is 3.83. The first-order valence-electron chi connectivity index (χ1n) is 10.2. The number of benzene rings is 2. The summed E-state index contributed by atoms with van der Waals surface area (Å²) in [5.41, 5.74) is 2.21. The molecule has 30 heavy (non-hydrogen) atoms. The molecule has 1 N–H and O–H groups in total. The van der Waals surface area contributed by atoms with Crippen molar-refractivity contribution < 1.29 is 18.8 Å². The van der Waals surface area contributed by atoms with E-state index in [1.807, 2.05) is 53.4 Å². The lowest BCUT2D eigenvalue weighted by Gasteiger charge is -2.33. The fraction of sp³-hybridized carbons (Fsp3) is 0.304. The van der Waals surface area contributed by atoms with Crippen LogP contribution in [0.5, 0.6) is 11.5 Å². The first kappa shape index (κ1) is 18.5. The average molecular weight is 405 g/mol. The fourth-order valence-electron chi connectivity index (χ4n) is 3.92. The van der Waals surface area contributed by atoms with Crippen LogP contribution in [-0.2, 0) is 0 Å². The normalized spacial score (nSPS) is 18.1. The topological polar surface area (TPSA) is 76.8 Å². The summed E-state index contributed by atoms with van der Waals surface area (Å²) in [7, 11) is 0. The molecule has 1 amide bonds. The molecule has 2 aromatic carbocycles. The quantitative estimate of drug-likeness (QED) is 0.711. The van der Waals surface area contributed by atoms with Gasteiger partial charge in [-0.15, -0.1) is 0 Å². The number of hydrogen-bond acceptors (Lipinski definition) is 6. The van der Waals surface area contributed by atoms with Gasteiger partial charge in [0.25, 0.3) is 5.91 Å². The summed E-state index contributed by atoms with van der Waals surface area (Å²) in [4.78, 5) is 14.8. The van der Waals surface area contributed by atoms with E-state index in [-0.39, 0.29) is 11.9 Å². The zero-order valence-corrected chi connectivity index (χ0v) is 16.5. The van der Waals surface area contributed by atoms with Gasteiger partial charge in [0.05, 0.1) is 0 Å². The number of hydrogen-bond donors (Lipinski definition) is 1. The van der Waals surface area contributed by atoms with Crippen LogP contribution in [0.3, 0.4) is 0 Å². The Balaban J connectivity index is 1.25. The van der Waals surface area contributed by atoms with E-state index in [1.165, 1.54) is 0 Å². The van der Waals surface area contributed by atoms with E-state index in [0.29, 0.717) is 37.8 Å². The number of aromatic nitrogens is 1. The molecule has 3 heterocycles. The lowest BCUT2D eigenvalue weighted by Crippen LogP contribution is -2.45. The number of amides is 1. The van der Waals surface area contributed by atoms with Crippen LogP contribution in [0.1, 0.15) is 23.3 Å².